The molecule has 1 N–H and O–H groups in total. The van der Waals surface area contributed by atoms with E-state index in [1.165, 1.54) is 10.6 Å². The van der Waals surface area contributed by atoms with Gasteiger partial charge in [-0.3, -0.25) is 0 Å². The second-order valence-electron chi connectivity index (χ2n) is 4.25. The first kappa shape index (κ1) is 13.2. The molecule has 7 heteroatoms. The standard InChI is InChI=1S/C9H19N3O3S/c1-8(2)10-9(13)11-4-6-12(7-5-11)16(3,14)15/h8H,4-7H2,1-3H3,(H,10,13). The van der Waals surface area contributed by atoms with Crippen molar-refractivity contribution in [1.82, 2.24) is 14.5 Å². The largest absolute Gasteiger partial charge is 0.336 e. The molecular formula is C9H19N3O3S. The molecule has 0 saturated carbocycles. The summed E-state index contributed by atoms with van der Waals surface area (Å²) in [6.45, 7) is 5.45. The van der Waals surface area contributed by atoms with E-state index in [9.17, 15) is 13.2 Å². The minimum atomic E-state index is -3.12. The molecule has 0 aromatic heterocycles. The second-order valence-corrected chi connectivity index (χ2v) is 6.24. The van der Waals surface area contributed by atoms with E-state index in [-0.39, 0.29) is 12.1 Å². The van der Waals surface area contributed by atoms with Gasteiger partial charge in [-0.15, -0.1) is 0 Å². The van der Waals surface area contributed by atoms with Gasteiger partial charge in [0.05, 0.1) is 6.26 Å². The molecule has 1 fully saturated rings. The van der Waals surface area contributed by atoms with Crippen LogP contribution < -0.4 is 5.32 Å². The molecule has 0 aliphatic carbocycles. The number of urea groups is 1. The van der Waals surface area contributed by atoms with Crippen LogP contribution in [0, 0.1) is 0 Å². The van der Waals surface area contributed by atoms with Crippen molar-refractivity contribution >= 4 is 16.1 Å². The van der Waals surface area contributed by atoms with Gasteiger partial charge in [0, 0.05) is 32.2 Å². The van der Waals surface area contributed by atoms with Crippen molar-refractivity contribution in [3.63, 3.8) is 0 Å². The molecule has 1 saturated heterocycles. The topological polar surface area (TPSA) is 69.7 Å². The summed E-state index contributed by atoms with van der Waals surface area (Å²) < 4.78 is 23.9. The van der Waals surface area contributed by atoms with Crippen LogP contribution >= 0.6 is 0 Å². The Balaban J connectivity index is 2.46. The molecule has 1 heterocycles. The van der Waals surface area contributed by atoms with E-state index >= 15 is 0 Å². The number of rotatable bonds is 2. The predicted octanol–water partition coefficient (Wildman–Crippen LogP) is -0.318. The van der Waals surface area contributed by atoms with E-state index in [0.29, 0.717) is 26.2 Å². The van der Waals surface area contributed by atoms with Crippen LogP contribution in [-0.2, 0) is 10.0 Å². The molecule has 0 aromatic rings. The Bertz CT molecular complexity index is 345. The quantitative estimate of drug-likeness (QED) is 0.729. The maximum Gasteiger partial charge on any atom is 0.317 e. The highest BCUT2D eigenvalue weighted by Gasteiger charge is 2.25. The first-order valence-electron chi connectivity index (χ1n) is 5.31. The van der Waals surface area contributed by atoms with Crippen LogP contribution in [0.15, 0.2) is 0 Å². The van der Waals surface area contributed by atoms with E-state index in [2.05, 4.69) is 5.32 Å². The molecule has 2 amide bonds. The van der Waals surface area contributed by atoms with Crippen molar-refractivity contribution in [2.75, 3.05) is 32.4 Å². The summed E-state index contributed by atoms with van der Waals surface area (Å²) in [5, 5.41) is 2.79. The smallest absolute Gasteiger partial charge is 0.317 e. The number of nitrogens with one attached hydrogen (secondary N) is 1. The summed E-state index contributed by atoms with van der Waals surface area (Å²) in [5.74, 6) is 0. The van der Waals surface area contributed by atoms with E-state index < -0.39 is 10.0 Å². The van der Waals surface area contributed by atoms with Gasteiger partial charge in [-0.05, 0) is 13.8 Å². The average Bonchev–Trinajstić information content (AvgIpc) is 2.15. The van der Waals surface area contributed by atoms with Crippen LogP contribution in [0.25, 0.3) is 0 Å². The minimum Gasteiger partial charge on any atom is -0.336 e. The number of hydrogen-bond donors (Lipinski definition) is 1. The number of nitrogens with zero attached hydrogens (tertiary/aromatic N) is 2. The van der Waals surface area contributed by atoms with Crippen molar-refractivity contribution in [2.24, 2.45) is 0 Å². The molecule has 0 unspecified atom stereocenters. The molecule has 0 bridgehead atoms. The first-order valence-corrected chi connectivity index (χ1v) is 7.16. The third-order valence-corrected chi connectivity index (χ3v) is 3.71. The van der Waals surface area contributed by atoms with E-state index in [0.717, 1.165) is 0 Å². The highest BCUT2D eigenvalue weighted by atomic mass is 32.2. The number of piperazine rings is 1. The number of carbonyl (C=O) groups excluding carboxylic acids is 1. The van der Waals surface area contributed by atoms with Gasteiger partial charge in [0.2, 0.25) is 10.0 Å². The molecule has 0 aromatic carbocycles. The van der Waals surface area contributed by atoms with Gasteiger partial charge < -0.3 is 10.2 Å². The van der Waals surface area contributed by atoms with Gasteiger partial charge in [-0.2, -0.15) is 4.31 Å². The van der Waals surface area contributed by atoms with Crippen LogP contribution in [0.5, 0.6) is 0 Å². The first-order chi connectivity index (χ1) is 7.30. The summed E-state index contributed by atoms with van der Waals surface area (Å²) in [6.07, 6.45) is 1.19. The molecule has 6 nitrogen and oxygen atoms in total. The van der Waals surface area contributed by atoms with Crippen molar-refractivity contribution < 1.29 is 13.2 Å². The van der Waals surface area contributed by atoms with Gasteiger partial charge in [0.1, 0.15) is 0 Å². The number of amides is 2. The molecule has 94 valence electrons. The van der Waals surface area contributed by atoms with Crippen LogP contribution in [-0.4, -0.2) is 62.1 Å². The fraction of sp³-hybridized carbons (Fsp3) is 0.889. The van der Waals surface area contributed by atoms with Gasteiger partial charge in [-0.25, -0.2) is 13.2 Å². The highest BCUT2D eigenvalue weighted by Crippen LogP contribution is 2.06. The maximum absolute atomic E-state index is 11.6. The predicted molar refractivity (Wildman–Crippen MR) is 61.7 cm³/mol. The Kier molecular flexibility index (Phi) is 4.15. The second kappa shape index (κ2) is 5.01. The number of hydrogen-bond acceptors (Lipinski definition) is 3. The lowest BCUT2D eigenvalue weighted by molar-refractivity contribution is 0.170. The third-order valence-electron chi connectivity index (χ3n) is 2.41. The van der Waals surface area contributed by atoms with Crippen molar-refractivity contribution in [2.45, 2.75) is 19.9 Å². The summed E-state index contributed by atoms with van der Waals surface area (Å²) in [7, 11) is -3.12. The third kappa shape index (κ3) is 3.64. The van der Waals surface area contributed by atoms with E-state index in [4.69, 9.17) is 0 Å². The van der Waals surface area contributed by atoms with Crippen molar-refractivity contribution in [1.29, 1.82) is 0 Å². The van der Waals surface area contributed by atoms with Gasteiger partial charge >= 0.3 is 6.03 Å². The van der Waals surface area contributed by atoms with Gasteiger partial charge in [0.25, 0.3) is 0 Å². The van der Waals surface area contributed by atoms with E-state index in [1.807, 2.05) is 13.8 Å². The summed E-state index contributed by atoms with van der Waals surface area (Å²) in [4.78, 5) is 13.3. The molecule has 0 radical (unpaired) electrons. The Labute approximate surface area is 96.6 Å². The Morgan fingerprint density at radius 1 is 1.19 bits per heavy atom. The van der Waals surface area contributed by atoms with Gasteiger partial charge in [0.15, 0.2) is 0 Å². The normalized spacial score (nSPS) is 18.9. The SMILES string of the molecule is CC(C)NC(=O)N1CCN(S(C)(=O)=O)CC1. The zero-order valence-corrected chi connectivity index (χ0v) is 10.7. The van der Waals surface area contributed by atoms with E-state index in [1.54, 1.807) is 4.90 Å². The summed E-state index contributed by atoms with van der Waals surface area (Å²) in [5.41, 5.74) is 0. The molecule has 1 aliphatic rings. The molecular weight excluding hydrogens is 230 g/mol. The Morgan fingerprint density at radius 3 is 2.06 bits per heavy atom. The lowest BCUT2D eigenvalue weighted by atomic mass is 10.3. The lowest BCUT2D eigenvalue weighted by Crippen LogP contribution is -2.53. The van der Waals surface area contributed by atoms with Gasteiger partial charge in [-0.1, -0.05) is 0 Å². The zero-order chi connectivity index (χ0) is 12.3. The summed E-state index contributed by atoms with van der Waals surface area (Å²) >= 11 is 0. The molecule has 1 aliphatic heterocycles. The Hall–Kier alpha value is -0.820. The molecule has 1 rings (SSSR count). The van der Waals surface area contributed by atoms with Crippen LogP contribution in [0.4, 0.5) is 4.79 Å². The lowest BCUT2D eigenvalue weighted by Gasteiger charge is -2.33. The monoisotopic (exact) mass is 249 g/mol. The zero-order valence-electron chi connectivity index (χ0n) is 9.93. The van der Waals surface area contributed by atoms with Crippen LogP contribution in [0.3, 0.4) is 0 Å². The number of sulfonamides is 1. The summed E-state index contributed by atoms with van der Waals surface area (Å²) in [6, 6.07) is -0.0245. The molecule has 16 heavy (non-hydrogen) atoms. The fourth-order valence-electron chi connectivity index (χ4n) is 1.56. The average molecular weight is 249 g/mol. The maximum atomic E-state index is 11.6. The minimum absolute atomic E-state index is 0.0976. The molecule has 0 atom stereocenters. The van der Waals surface area contributed by atoms with Crippen molar-refractivity contribution in [3.8, 4) is 0 Å². The molecule has 0 spiro atoms. The van der Waals surface area contributed by atoms with Crippen LogP contribution in [0.1, 0.15) is 13.8 Å². The highest BCUT2D eigenvalue weighted by molar-refractivity contribution is 7.88. The number of carbonyl (C=O) groups is 1. The Morgan fingerprint density at radius 2 is 1.69 bits per heavy atom. The van der Waals surface area contributed by atoms with Crippen LogP contribution in [0.2, 0.25) is 0 Å². The fourth-order valence-corrected chi connectivity index (χ4v) is 2.39. The van der Waals surface area contributed by atoms with Crippen molar-refractivity contribution in [3.05, 3.63) is 0 Å².